The van der Waals surface area contributed by atoms with Gasteiger partial charge in [-0.25, -0.2) is 23.1 Å². The zero-order chi connectivity index (χ0) is 30.4. The maximum absolute atomic E-state index is 14.4. The first-order valence-corrected chi connectivity index (χ1v) is 15.3. The number of piperidine rings is 1. The summed E-state index contributed by atoms with van der Waals surface area (Å²) in [5, 5.41) is 0. The standard InChI is InChI=1S/C31H41F3N6O3.ClH/c1-20(2)40(23-12-31(33,34)13-23)29(41)25-11-21(32)3-6-26(25)43-27-14-36-19-37-28(27)39-17-30(18-39)7-9-38(10-8-30)15-24-5-4-22(35)16-42-24;/h3,6,11,14,19-20,22-24H,4-5,7-10,12-13,15-18,35H2,1-2H3;1H/t22-,24+;/m1./s1. The van der Waals surface area contributed by atoms with Crippen molar-refractivity contribution in [2.45, 2.75) is 82.5 Å². The van der Waals surface area contributed by atoms with Crippen molar-refractivity contribution in [2.75, 3.05) is 44.2 Å². The van der Waals surface area contributed by atoms with Gasteiger partial charge in [0.25, 0.3) is 11.8 Å². The Balaban J connectivity index is 0.00000384. The van der Waals surface area contributed by atoms with Crippen molar-refractivity contribution in [3.8, 4) is 11.5 Å². The second-order valence-corrected chi connectivity index (χ2v) is 13.1. The number of anilines is 1. The second kappa shape index (κ2) is 13.0. The third kappa shape index (κ3) is 6.93. The zero-order valence-electron chi connectivity index (χ0n) is 25.3. The number of alkyl halides is 2. The number of rotatable bonds is 8. The van der Waals surface area contributed by atoms with E-state index < -0.39 is 36.5 Å². The van der Waals surface area contributed by atoms with Crippen LogP contribution in [-0.4, -0.2) is 95.2 Å². The fourth-order valence-electron chi connectivity index (χ4n) is 6.98. The van der Waals surface area contributed by atoms with Crippen molar-refractivity contribution in [3.05, 3.63) is 42.1 Å². The van der Waals surface area contributed by atoms with Gasteiger partial charge < -0.3 is 29.9 Å². The summed E-state index contributed by atoms with van der Waals surface area (Å²) in [6, 6.07) is 2.90. The number of amides is 1. The van der Waals surface area contributed by atoms with E-state index in [2.05, 4.69) is 19.8 Å². The molecule has 1 saturated carbocycles. The van der Waals surface area contributed by atoms with Crippen molar-refractivity contribution >= 4 is 24.1 Å². The lowest BCUT2D eigenvalue weighted by atomic mass is 9.72. The smallest absolute Gasteiger partial charge is 0.258 e. The number of benzene rings is 1. The maximum Gasteiger partial charge on any atom is 0.258 e. The largest absolute Gasteiger partial charge is 0.451 e. The topological polar surface area (TPSA) is 97.1 Å². The molecule has 9 nitrogen and oxygen atoms in total. The Bertz CT molecular complexity index is 1300. The van der Waals surface area contributed by atoms with Gasteiger partial charge in [0.15, 0.2) is 11.6 Å². The highest BCUT2D eigenvalue weighted by Crippen LogP contribution is 2.46. The minimum absolute atomic E-state index is 0. The molecule has 2 aromatic rings. The predicted molar refractivity (Wildman–Crippen MR) is 162 cm³/mol. The highest BCUT2D eigenvalue weighted by atomic mass is 35.5. The van der Waals surface area contributed by atoms with Crippen molar-refractivity contribution in [1.29, 1.82) is 0 Å². The lowest BCUT2D eigenvalue weighted by Crippen LogP contribution is -2.61. The molecule has 3 aliphatic heterocycles. The van der Waals surface area contributed by atoms with Gasteiger partial charge in [-0.15, -0.1) is 12.4 Å². The summed E-state index contributed by atoms with van der Waals surface area (Å²) in [6.45, 7) is 8.82. The number of halogens is 4. The predicted octanol–water partition coefficient (Wildman–Crippen LogP) is 4.89. The lowest BCUT2D eigenvalue weighted by molar-refractivity contribution is -0.120. The Morgan fingerprint density at radius 2 is 1.91 bits per heavy atom. The summed E-state index contributed by atoms with van der Waals surface area (Å²) in [5.41, 5.74) is 6.15. The van der Waals surface area contributed by atoms with Crippen LogP contribution in [0.25, 0.3) is 0 Å². The molecule has 3 saturated heterocycles. The lowest BCUT2D eigenvalue weighted by Gasteiger charge is -2.54. The third-order valence-electron chi connectivity index (χ3n) is 9.44. The molecule has 0 unspecified atom stereocenters. The molecular formula is C31H42ClF3N6O3. The Kier molecular flexibility index (Phi) is 9.65. The SMILES string of the molecule is CC(C)N(C(=O)c1cc(F)ccc1Oc1cncnc1N1CC2(CCN(C[C@@H]3CC[C@@H](N)CO3)CC2)C1)C1CC(F)(F)C1.Cl. The van der Waals surface area contributed by atoms with Gasteiger partial charge in [-0.05, 0) is 70.8 Å². The van der Waals surface area contributed by atoms with Crippen LogP contribution in [0.15, 0.2) is 30.7 Å². The fraction of sp³-hybridized carbons (Fsp3) is 0.645. The highest BCUT2D eigenvalue weighted by Gasteiger charge is 2.50. The van der Waals surface area contributed by atoms with Crippen LogP contribution < -0.4 is 15.4 Å². The summed E-state index contributed by atoms with van der Waals surface area (Å²) < 4.78 is 53.9. The molecule has 242 valence electrons. The Morgan fingerprint density at radius 1 is 1.18 bits per heavy atom. The number of aromatic nitrogens is 2. The Labute approximate surface area is 262 Å². The van der Waals surface area contributed by atoms with Crippen LogP contribution >= 0.6 is 12.4 Å². The van der Waals surface area contributed by atoms with Gasteiger partial charge >= 0.3 is 0 Å². The van der Waals surface area contributed by atoms with Gasteiger partial charge in [0.1, 0.15) is 17.9 Å². The molecule has 44 heavy (non-hydrogen) atoms. The molecule has 0 radical (unpaired) electrons. The number of carbonyl (C=O) groups is 1. The number of hydrogen-bond donors (Lipinski definition) is 1. The highest BCUT2D eigenvalue weighted by molar-refractivity contribution is 5.97. The summed E-state index contributed by atoms with van der Waals surface area (Å²) in [7, 11) is 0. The summed E-state index contributed by atoms with van der Waals surface area (Å²) in [4.78, 5) is 28.3. The van der Waals surface area contributed by atoms with Gasteiger partial charge in [0, 0.05) is 56.0 Å². The average molecular weight is 639 g/mol. The quantitative estimate of drug-likeness (QED) is 0.437. The van der Waals surface area contributed by atoms with Gasteiger partial charge in [-0.1, -0.05) is 0 Å². The number of hydrogen-bond acceptors (Lipinski definition) is 8. The zero-order valence-corrected chi connectivity index (χ0v) is 26.1. The van der Waals surface area contributed by atoms with E-state index in [9.17, 15) is 18.0 Å². The molecule has 4 aliphatic rings. The van der Waals surface area contributed by atoms with Crippen molar-refractivity contribution < 1.29 is 27.4 Å². The molecule has 4 heterocycles. The first kappa shape index (κ1) is 32.7. The molecule has 1 aromatic heterocycles. The van der Waals surface area contributed by atoms with Gasteiger partial charge in [-0.3, -0.25) is 4.79 Å². The fourth-order valence-corrected chi connectivity index (χ4v) is 6.98. The molecule has 1 aromatic carbocycles. The monoisotopic (exact) mass is 638 g/mol. The molecule has 2 N–H and O–H groups in total. The number of ether oxygens (including phenoxy) is 2. The Hall–Kier alpha value is -2.67. The molecule has 0 bridgehead atoms. The van der Waals surface area contributed by atoms with E-state index in [1.54, 1.807) is 13.8 Å². The summed E-state index contributed by atoms with van der Waals surface area (Å²) in [6.07, 6.45) is 6.64. The molecular weight excluding hydrogens is 597 g/mol. The van der Waals surface area contributed by atoms with E-state index >= 15 is 0 Å². The van der Waals surface area contributed by atoms with E-state index in [-0.39, 0.29) is 47.3 Å². The van der Waals surface area contributed by atoms with E-state index in [0.29, 0.717) is 18.2 Å². The molecule has 6 rings (SSSR count). The van der Waals surface area contributed by atoms with E-state index in [4.69, 9.17) is 15.2 Å². The van der Waals surface area contributed by atoms with Gasteiger partial charge in [0.2, 0.25) is 0 Å². The van der Waals surface area contributed by atoms with Crippen molar-refractivity contribution in [3.63, 3.8) is 0 Å². The van der Waals surface area contributed by atoms with Crippen LogP contribution in [0.1, 0.15) is 62.7 Å². The van der Waals surface area contributed by atoms with Gasteiger partial charge in [0.05, 0.1) is 24.5 Å². The molecule has 1 amide bonds. The first-order chi connectivity index (χ1) is 20.5. The third-order valence-corrected chi connectivity index (χ3v) is 9.44. The molecule has 1 aliphatic carbocycles. The number of likely N-dealkylation sites (tertiary alicyclic amines) is 1. The van der Waals surface area contributed by atoms with Crippen LogP contribution in [0.5, 0.6) is 11.5 Å². The minimum atomic E-state index is -2.79. The maximum atomic E-state index is 14.4. The summed E-state index contributed by atoms with van der Waals surface area (Å²) >= 11 is 0. The summed E-state index contributed by atoms with van der Waals surface area (Å²) in [5.74, 6) is -2.85. The normalized spacial score (nSPS) is 24.8. The minimum Gasteiger partial charge on any atom is -0.451 e. The second-order valence-electron chi connectivity index (χ2n) is 13.1. The van der Waals surface area contributed by atoms with Crippen LogP contribution in [0.2, 0.25) is 0 Å². The van der Waals surface area contributed by atoms with E-state index in [1.807, 2.05) is 0 Å². The van der Waals surface area contributed by atoms with Crippen molar-refractivity contribution in [2.24, 2.45) is 11.1 Å². The van der Waals surface area contributed by atoms with E-state index in [0.717, 1.165) is 64.5 Å². The van der Waals surface area contributed by atoms with Gasteiger partial charge in [-0.2, -0.15) is 0 Å². The molecule has 1 spiro atoms. The number of nitrogens with zero attached hydrogens (tertiary/aromatic N) is 5. The van der Waals surface area contributed by atoms with Crippen LogP contribution in [0, 0.1) is 11.2 Å². The molecule has 13 heteroatoms. The van der Waals surface area contributed by atoms with Crippen LogP contribution in [0.3, 0.4) is 0 Å². The van der Waals surface area contributed by atoms with E-state index in [1.165, 1.54) is 29.6 Å². The van der Waals surface area contributed by atoms with Crippen LogP contribution in [-0.2, 0) is 4.74 Å². The number of carbonyl (C=O) groups excluding carboxylic acids is 1. The average Bonchev–Trinajstić information content (AvgIpc) is 2.94. The number of nitrogens with two attached hydrogens (primary N) is 1. The first-order valence-electron chi connectivity index (χ1n) is 15.3. The molecule has 4 fully saturated rings. The Morgan fingerprint density at radius 3 is 2.55 bits per heavy atom. The van der Waals surface area contributed by atoms with Crippen molar-refractivity contribution in [1.82, 2.24) is 19.8 Å². The van der Waals surface area contributed by atoms with Crippen LogP contribution in [0.4, 0.5) is 19.0 Å². The molecule has 2 atom stereocenters.